The van der Waals surface area contributed by atoms with Crippen LogP contribution in [0, 0.1) is 24.2 Å². The van der Waals surface area contributed by atoms with Gasteiger partial charge in [0.15, 0.2) is 14.1 Å². The molecule has 2 fully saturated rings. The lowest BCUT2D eigenvalue weighted by Crippen LogP contribution is -2.52. The SMILES string of the molecule is C#C[C@H]1O[C@]2(CC[C@H]1C)CC[C@H](C)[C@@H](CCO[Si](C)(C)C(C)(C)C)O2. The Morgan fingerprint density at radius 2 is 1.72 bits per heavy atom. The van der Waals surface area contributed by atoms with Gasteiger partial charge >= 0.3 is 0 Å². The summed E-state index contributed by atoms with van der Waals surface area (Å²) in [6.07, 6.45) is 10.8. The Hall–Kier alpha value is -0.343. The summed E-state index contributed by atoms with van der Waals surface area (Å²) in [4.78, 5) is 0. The van der Waals surface area contributed by atoms with Crippen molar-refractivity contribution in [2.45, 2.75) is 103 Å². The first-order chi connectivity index (χ1) is 11.5. The van der Waals surface area contributed by atoms with Gasteiger partial charge in [-0.25, -0.2) is 0 Å². The standard InChI is InChI=1S/C21H38O3Si/c1-9-18-16(2)10-13-21(23-18)14-11-17(3)19(24-21)12-15-22-25(7,8)20(4,5)6/h1,16-19H,10-15H2,2-8H3/t16-,17+,18-,19-,21+/m1/s1. The normalized spacial score (nSPS) is 37.0. The third-order valence-corrected chi connectivity index (χ3v) is 11.2. The summed E-state index contributed by atoms with van der Waals surface area (Å²) in [7, 11) is -1.70. The van der Waals surface area contributed by atoms with Crippen LogP contribution in [-0.4, -0.2) is 32.9 Å². The van der Waals surface area contributed by atoms with E-state index in [0.29, 0.717) is 11.8 Å². The van der Waals surface area contributed by atoms with Crippen LogP contribution in [0.3, 0.4) is 0 Å². The van der Waals surface area contributed by atoms with E-state index in [-0.39, 0.29) is 17.2 Å². The van der Waals surface area contributed by atoms with Gasteiger partial charge < -0.3 is 13.9 Å². The van der Waals surface area contributed by atoms with Crippen LogP contribution in [0.5, 0.6) is 0 Å². The van der Waals surface area contributed by atoms with Crippen LogP contribution in [-0.2, 0) is 13.9 Å². The average molecular weight is 367 g/mol. The summed E-state index contributed by atoms with van der Waals surface area (Å²) in [5.74, 6) is 3.31. The lowest BCUT2D eigenvalue weighted by Gasteiger charge is -2.48. The summed E-state index contributed by atoms with van der Waals surface area (Å²) in [5, 5.41) is 0.246. The van der Waals surface area contributed by atoms with Crippen molar-refractivity contribution in [3.8, 4) is 12.3 Å². The zero-order valence-electron chi connectivity index (χ0n) is 17.4. The Bertz CT molecular complexity index is 486. The van der Waals surface area contributed by atoms with Gasteiger partial charge in [0.25, 0.3) is 0 Å². The molecule has 2 heterocycles. The number of hydrogen-bond donors (Lipinski definition) is 0. The number of hydrogen-bond acceptors (Lipinski definition) is 3. The molecule has 0 bridgehead atoms. The monoisotopic (exact) mass is 366 g/mol. The first-order valence-corrected chi connectivity index (χ1v) is 12.9. The highest BCUT2D eigenvalue weighted by molar-refractivity contribution is 6.74. The van der Waals surface area contributed by atoms with E-state index in [0.717, 1.165) is 38.7 Å². The van der Waals surface area contributed by atoms with Gasteiger partial charge in [-0.15, -0.1) is 6.42 Å². The fourth-order valence-electron chi connectivity index (χ4n) is 3.55. The summed E-state index contributed by atoms with van der Waals surface area (Å²) in [6, 6.07) is 0. The molecule has 0 radical (unpaired) electrons. The van der Waals surface area contributed by atoms with Crippen molar-refractivity contribution >= 4 is 8.32 Å². The molecule has 5 atom stereocenters. The smallest absolute Gasteiger partial charge is 0.191 e. The molecule has 144 valence electrons. The van der Waals surface area contributed by atoms with Crippen molar-refractivity contribution in [1.82, 2.24) is 0 Å². The highest BCUT2D eigenvalue weighted by atomic mass is 28.4. The molecule has 0 aromatic heterocycles. The van der Waals surface area contributed by atoms with Gasteiger partial charge in [0.05, 0.1) is 6.10 Å². The molecular weight excluding hydrogens is 328 g/mol. The van der Waals surface area contributed by atoms with Crippen LogP contribution in [0.1, 0.15) is 66.7 Å². The fraction of sp³-hybridized carbons (Fsp3) is 0.905. The van der Waals surface area contributed by atoms with E-state index in [1.54, 1.807) is 0 Å². The Morgan fingerprint density at radius 3 is 2.28 bits per heavy atom. The van der Waals surface area contributed by atoms with E-state index in [2.05, 4.69) is 53.6 Å². The Morgan fingerprint density at radius 1 is 1.12 bits per heavy atom. The van der Waals surface area contributed by atoms with Gasteiger partial charge in [-0.1, -0.05) is 40.5 Å². The largest absolute Gasteiger partial charge is 0.417 e. The summed E-state index contributed by atoms with van der Waals surface area (Å²) in [5.41, 5.74) is 0. The lowest BCUT2D eigenvalue weighted by atomic mass is 9.84. The molecule has 25 heavy (non-hydrogen) atoms. The molecule has 0 aromatic rings. The molecular formula is C21H38O3Si. The Balaban J connectivity index is 1.94. The van der Waals surface area contributed by atoms with Crippen molar-refractivity contribution in [1.29, 1.82) is 0 Å². The topological polar surface area (TPSA) is 27.7 Å². The van der Waals surface area contributed by atoms with E-state index in [1.807, 2.05) is 0 Å². The first kappa shape index (κ1) is 21.0. The van der Waals surface area contributed by atoms with Gasteiger partial charge in [0, 0.05) is 19.4 Å². The van der Waals surface area contributed by atoms with E-state index in [1.165, 1.54) is 0 Å². The minimum atomic E-state index is -1.70. The zero-order valence-corrected chi connectivity index (χ0v) is 18.4. The first-order valence-electron chi connectivity index (χ1n) is 9.95. The molecule has 0 amide bonds. The highest BCUT2D eigenvalue weighted by Crippen LogP contribution is 2.43. The van der Waals surface area contributed by atoms with Crippen molar-refractivity contribution in [2.24, 2.45) is 11.8 Å². The van der Waals surface area contributed by atoms with Crippen molar-refractivity contribution in [3.63, 3.8) is 0 Å². The Kier molecular flexibility index (Phi) is 6.47. The molecule has 2 saturated heterocycles. The van der Waals surface area contributed by atoms with E-state index in [9.17, 15) is 0 Å². The maximum Gasteiger partial charge on any atom is 0.191 e. The second-order valence-electron chi connectivity index (χ2n) is 9.70. The predicted octanol–water partition coefficient (Wildman–Crippen LogP) is 5.36. The molecule has 2 rings (SSSR count). The van der Waals surface area contributed by atoms with E-state index >= 15 is 0 Å². The molecule has 0 saturated carbocycles. The minimum Gasteiger partial charge on any atom is -0.417 e. The molecule has 0 N–H and O–H groups in total. The van der Waals surface area contributed by atoms with Gasteiger partial charge in [-0.2, -0.15) is 0 Å². The summed E-state index contributed by atoms with van der Waals surface area (Å²) in [6.45, 7) is 16.7. The van der Waals surface area contributed by atoms with Gasteiger partial charge in [-0.3, -0.25) is 0 Å². The third kappa shape index (κ3) is 4.89. The maximum absolute atomic E-state index is 6.53. The van der Waals surface area contributed by atoms with Gasteiger partial charge in [-0.05, 0) is 49.2 Å². The molecule has 3 nitrogen and oxygen atoms in total. The molecule has 0 aromatic carbocycles. The molecule has 4 heteroatoms. The number of ether oxygens (including phenoxy) is 2. The minimum absolute atomic E-state index is 0.119. The van der Waals surface area contributed by atoms with Crippen LogP contribution < -0.4 is 0 Å². The van der Waals surface area contributed by atoms with Crippen molar-refractivity contribution in [2.75, 3.05) is 6.61 Å². The van der Waals surface area contributed by atoms with Crippen LogP contribution in [0.4, 0.5) is 0 Å². The van der Waals surface area contributed by atoms with Crippen LogP contribution in [0.25, 0.3) is 0 Å². The van der Waals surface area contributed by atoms with E-state index in [4.69, 9.17) is 20.3 Å². The van der Waals surface area contributed by atoms with Crippen LogP contribution in [0.15, 0.2) is 0 Å². The summed E-state index contributed by atoms with van der Waals surface area (Å²) >= 11 is 0. The lowest BCUT2D eigenvalue weighted by molar-refractivity contribution is -0.323. The maximum atomic E-state index is 6.53. The van der Waals surface area contributed by atoms with E-state index < -0.39 is 14.1 Å². The third-order valence-electron chi connectivity index (χ3n) is 6.66. The van der Waals surface area contributed by atoms with Gasteiger partial charge in [0.2, 0.25) is 0 Å². The Labute approximate surface area is 156 Å². The number of terminal acetylenes is 1. The zero-order chi connectivity index (χ0) is 18.9. The predicted molar refractivity (Wildman–Crippen MR) is 106 cm³/mol. The molecule has 1 spiro atoms. The average Bonchev–Trinajstić information content (AvgIpc) is 2.52. The van der Waals surface area contributed by atoms with Crippen molar-refractivity contribution < 1.29 is 13.9 Å². The van der Waals surface area contributed by atoms with Gasteiger partial charge in [0.1, 0.15) is 6.10 Å². The highest BCUT2D eigenvalue weighted by Gasteiger charge is 2.46. The van der Waals surface area contributed by atoms with Crippen molar-refractivity contribution in [3.05, 3.63) is 0 Å². The number of rotatable bonds is 4. The summed E-state index contributed by atoms with van der Waals surface area (Å²) < 4.78 is 19.2. The van der Waals surface area contributed by atoms with Crippen LogP contribution >= 0.6 is 0 Å². The second-order valence-corrected chi connectivity index (χ2v) is 14.5. The molecule has 0 aliphatic carbocycles. The molecule has 2 aliphatic rings. The quantitative estimate of drug-likeness (QED) is 0.495. The second kappa shape index (κ2) is 7.72. The van der Waals surface area contributed by atoms with Crippen LogP contribution in [0.2, 0.25) is 18.1 Å². The molecule has 0 unspecified atom stereocenters. The molecule has 2 aliphatic heterocycles. The fourth-order valence-corrected chi connectivity index (χ4v) is 4.61.